The van der Waals surface area contributed by atoms with Crippen molar-refractivity contribution in [2.45, 2.75) is 46.1 Å². The lowest BCUT2D eigenvalue weighted by Gasteiger charge is -2.30. The van der Waals surface area contributed by atoms with Crippen molar-refractivity contribution in [3.05, 3.63) is 34.9 Å². The lowest BCUT2D eigenvalue weighted by molar-refractivity contribution is -0.129. The highest BCUT2D eigenvalue weighted by atomic mass is 16.2. The normalized spacial score (nSPS) is 15.6. The van der Waals surface area contributed by atoms with E-state index in [1.807, 2.05) is 32.0 Å². The van der Waals surface area contributed by atoms with E-state index in [-0.39, 0.29) is 17.9 Å². The largest absolute Gasteiger partial charge is 0.276 e. The van der Waals surface area contributed by atoms with Gasteiger partial charge in [-0.3, -0.25) is 14.5 Å². The second kappa shape index (κ2) is 4.56. The zero-order valence-corrected chi connectivity index (χ0v) is 11.4. The Morgan fingerprint density at radius 3 is 2.33 bits per heavy atom. The van der Waals surface area contributed by atoms with Crippen molar-refractivity contribution in [3.8, 4) is 0 Å². The van der Waals surface area contributed by atoms with Gasteiger partial charge in [0.1, 0.15) is 0 Å². The van der Waals surface area contributed by atoms with E-state index in [2.05, 4.69) is 13.8 Å². The maximum absolute atomic E-state index is 12.3. The lowest BCUT2D eigenvalue weighted by Crippen LogP contribution is -2.46. The predicted octanol–water partition coefficient (Wildman–Crippen LogP) is 2.74. The first-order valence-electron chi connectivity index (χ1n) is 6.41. The molecule has 3 heteroatoms. The van der Waals surface area contributed by atoms with Crippen LogP contribution in [0.1, 0.15) is 55.1 Å². The van der Waals surface area contributed by atoms with Gasteiger partial charge in [-0.2, -0.15) is 0 Å². The van der Waals surface area contributed by atoms with Crippen molar-refractivity contribution in [1.82, 2.24) is 4.90 Å². The highest BCUT2D eigenvalue weighted by molar-refractivity contribution is 6.10. The van der Waals surface area contributed by atoms with Crippen LogP contribution in [-0.4, -0.2) is 22.8 Å². The molecule has 2 amide bonds. The van der Waals surface area contributed by atoms with E-state index < -0.39 is 0 Å². The lowest BCUT2D eigenvalue weighted by atomic mass is 9.92. The Bertz CT molecular complexity index is 503. The summed E-state index contributed by atoms with van der Waals surface area (Å²) < 4.78 is 0. The Labute approximate surface area is 108 Å². The van der Waals surface area contributed by atoms with Crippen LogP contribution in [0.3, 0.4) is 0 Å². The summed E-state index contributed by atoms with van der Waals surface area (Å²) in [6.45, 7) is 7.94. The molecule has 2 rings (SSSR count). The molecule has 1 aromatic carbocycles. The Kier molecular flexibility index (Phi) is 3.24. The number of fused-ring (bicyclic) bond motifs is 1. The monoisotopic (exact) mass is 245 g/mol. The summed E-state index contributed by atoms with van der Waals surface area (Å²) in [4.78, 5) is 25.6. The van der Waals surface area contributed by atoms with E-state index in [1.165, 1.54) is 10.5 Å². The minimum Gasteiger partial charge on any atom is -0.276 e. The molecule has 18 heavy (non-hydrogen) atoms. The summed E-state index contributed by atoms with van der Waals surface area (Å²) in [7, 11) is 0. The number of hydrogen-bond acceptors (Lipinski definition) is 2. The minimum atomic E-state index is -0.161. The van der Waals surface area contributed by atoms with Gasteiger partial charge in [0.2, 0.25) is 5.91 Å². The van der Waals surface area contributed by atoms with Crippen LogP contribution >= 0.6 is 0 Å². The Balaban J connectivity index is 2.46. The molecule has 0 spiro atoms. The molecule has 0 aromatic heterocycles. The maximum atomic E-state index is 12.3. The molecule has 1 heterocycles. The number of nitrogens with zero attached hydrogens (tertiary/aromatic N) is 1. The van der Waals surface area contributed by atoms with Crippen LogP contribution in [0.2, 0.25) is 0 Å². The fourth-order valence-corrected chi connectivity index (χ4v) is 2.34. The van der Waals surface area contributed by atoms with Crippen LogP contribution in [0.15, 0.2) is 18.2 Å². The van der Waals surface area contributed by atoms with Gasteiger partial charge in [-0.1, -0.05) is 26.0 Å². The Hall–Kier alpha value is -1.64. The van der Waals surface area contributed by atoms with Crippen molar-refractivity contribution in [1.29, 1.82) is 0 Å². The molecule has 0 atom stereocenters. The van der Waals surface area contributed by atoms with Gasteiger partial charge >= 0.3 is 0 Å². The van der Waals surface area contributed by atoms with Crippen LogP contribution in [0.5, 0.6) is 0 Å². The van der Waals surface area contributed by atoms with Crippen LogP contribution in [0.25, 0.3) is 0 Å². The smallest absolute Gasteiger partial charge is 0.261 e. The number of benzene rings is 1. The molecule has 1 aliphatic rings. The first kappa shape index (κ1) is 12.8. The van der Waals surface area contributed by atoms with Gasteiger partial charge in [0.05, 0.1) is 6.42 Å². The highest BCUT2D eigenvalue weighted by Crippen LogP contribution is 2.25. The van der Waals surface area contributed by atoms with Crippen LogP contribution < -0.4 is 0 Å². The molecule has 1 aliphatic heterocycles. The van der Waals surface area contributed by atoms with Crippen LogP contribution in [-0.2, 0) is 11.2 Å². The average molecular weight is 245 g/mol. The second-order valence-corrected chi connectivity index (χ2v) is 5.41. The van der Waals surface area contributed by atoms with Gasteiger partial charge in [-0.05, 0) is 37.0 Å². The van der Waals surface area contributed by atoms with Crippen molar-refractivity contribution in [3.63, 3.8) is 0 Å². The zero-order valence-electron chi connectivity index (χ0n) is 11.4. The van der Waals surface area contributed by atoms with Gasteiger partial charge in [0.25, 0.3) is 5.91 Å². The molecule has 0 aliphatic carbocycles. The Morgan fingerprint density at radius 1 is 1.11 bits per heavy atom. The standard InChI is InChI=1S/C15H19NO2/c1-9(2)11-5-6-13-12(7-11)8-14(17)16(10(3)4)15(13)18/h5-7,9-10H,8H2,1-4H3. The van der Waals surface area contributed by atoms with E-state index in [9.17, 15) is 9.59 Å². The summed E-state index contributed by atoms with van der Waals surface area (Å²) in [5.41, 5.74) is 2.72. The quantitative estimate of drug-likeness (QED) is 0.751. The van der Waals surface area contributed by atoms with Crippen molar-refractivity contribution in [2.75, 3.05) is 0 Å². The molecular weight excluding hydrogens is 226 g/mol. The zero-order chi connectivity index (χ0) is 13.4. The molecule has 0 unspecified atom stereocenters. The summed E-state index contributed by atoms with van der Waals surface area (Å²) in [5.74, 6) is 0.151. The van der Waals surface area contributed by atoms with E-state index >= 15 is 0 Å². The molecule has 0 bridgehead atoms. The third kappa shape index (κ3) is 2.05. The number of carbonyl (C=O) groups is 2. The van der Waals surface area contributed by atoms with E-state index in [4.69, 9.17) is 0 Å². The van der Waals surface area contributed by atoms with Crippen molar-refractivity contribution < 1.29 is 9.59 Å². The molecule has 0 saturated heterocycles. The molecule has 0 radical (unpaired) electrons. The second-order valence-electron chi connectivity index (χ2n) is 5.41. The third-order valence-electron chi connectivity index (χ3n) is 3.37. The SMILES string of the molecule is CC(C)c1ccc2c(c1)CC(=O)N(C(C)C)C2=O. The molecule has 1 aromatic rings. The summed E-state index contributed by atoms with van der Waals surface area (Å²) in [6.07, 6.45) is 0.333. The number of rotatable bonds is 2. The third-order valence-corrected chi connectivity index (χ3v) is 3.37. The predicted molar refractivity (Wildman–Crippen MR) is 70.5 cm³/mol. The van der Waals surface area contributed by atoms with Crippen molar-refractivity contribution >= 4 is 11.8 Å². The van der Waals surface area contributed by atoms with E-state index in [0.29, 0.717) is 17.9 Å². The van der Waals surface area contributed by atoms with Crippen molar-refractivity contribution in [2.24, 2.45) is 0 Å². The van der Waals surface area contributed by atoms with Gasteiger partial charge < -0.3 is 0 Å². The van der Waals surface area contributed by atoms with Gasteiger partial charge in [-0.25, -0.2) is 0 Å². The Morgan fingerprint density at radius 2 is 1.78 bits per heavy atom. The number of carbonyl (C=O) groups excluding carboxylic acids is 2. The highest BCUT2D eigenvalue weighted by Gasteiger charge is 2.32. The fraction of sp³-hybridized carbons (Fsp3) is 0.467. The molecular formula is C15H19NO2. The van der Waals surface area contributed by atoms with E-state index in [0.717, 1.165) is 5.56 Å². The van der Waals surface area contributed by atoms with Gasteiger partial charge in [0.15, 0.2) is 0 Å². The first-order chi connectivity index (χ1) is 8.41. The molecule has 0 fully saturated rings. The number of imide groups is 1. The van der Waals surface area contributed by atoms with Gasteiger partial charge in [-0.15, -0.1) is 0 Å². The summed E-state index contributed by atoms with van der Waals surface area (Å²) in [5, 5.41) is 0. The molecule has 3 nitrogen and oxygen atoms in total. The molecule has 0 N–H and O–H groups in total. The summed E-state index contributed by atoms with van der Waals surface area (Å²) >= 11 is 0. The topological polar surface area (TPSA) is 37.4 Å². The fourth-order valence-electron chi connectivity index (χ4n) is 2.34. The van der Waals surface area contributed by atoms with Gasteiger partial charge in [0, 0.05) is 11.6 Å². The molecule has 96 valence electrons. The van der Waals surface area contributed by atoms with E-state index in [1.54, 1.807) is 0 Å². The first-order valence-corrected chi connectivity index (χ1v) is 6.41. The number of hydrogen-bond donors (Lipinski definition) is 0. The minimum absolute atomic E-state index is 0.0806. The summed E-state index contributed by atoms with van der Waals surface area (Å²) in [6, 6.07) is 5.75. The number of amides is 2. The average Bonchev–Trinajstić information content (AvgIpc) is 2.27. The molecule has 0 saturated carbocycles. The van der Waals surface area contributed by atoms with Crippen LogP contribution in [0, 0.1) is 0 Å². The van der Waals surface area contributed by atoms with Crippen LogP contribution in [0.4, 0.5) is 0 Å². The maximum Gasteiger partial charge on any atom is 0.261 e.